The molecule has 2 aliphatic carbocycles. The molecule has 2 aliphatic rings. The van der Waals surface area contributed by atoms with E-state index in [2.05, 4.69) is 0 Å². The predicted octanol–water partition coefficient (Wildman–Crippen LogP) is 3.49. The van der Waals surface area contributed by atoms with Crippen LogP contribution < -0.4 is 0 Å². The molecule has 0 aromatic carbocycles. The van der Waals surface area contributed by atoms with Crippen LogP contribution in [-0.2, 0) is 9.59 Å². The number of hydrogen-bond donors (Lipinski definition) is 0. The molecule has 0 unspecified atom stereocenters. The van der Waals surface area contributed by atoms with Crippen LogP contribution in [0.4, 0.5) is 17.6 Å². The fraction of sp³-hybridized carbons (Fsp3) is 0.857. The fourth-order valence-electron chi connectivity index (χ4n) is 3.56. The fourth-order valence-corrected chi connectivity index (χ4v) is 3.56. The lowest BCUT2D eigenvalue weighted by molar-refractivity contribution is -0.153. The number of aldehydes is 2. The summed E-state index contributed by atoms with van der Waals surface area (Å²) >= 11 is 0. The monoisotopic (exact) mass is 294 g/mol. The molecule has 2 rings (SSSR count). The van der Waals surface area contributed by atoms with Gasteiger partial charge in [0.1, 0.15) is 12.6 Å². The SMILES string of the molecule is O=C[C@H]1CC[C@H]([C@H]2CC[C@H](C=O)C(F)(F)C2)CC1(F)F. The van der Waals surface area contributed by atoms with E-state index in [4.69, 9.17) is 0 Å². The first-order chi connectivity index (χ1) is 9.30. The second kappa shape index (κ2) is 5.45. The van der Waals surface area contributed by atoms with Crippen molar-refractivity contribution < 1.29 is 27.2 Å². The molecule has 0 amide bonds. The molecular formula is C14H18F4O2. The topological polar surface area (TPSA) is 34.1 Å². The zero-order valence-electron chi connectivity index (χ0n) is 11.0. The average Bonchev–Trinajstić information content (AvgIpc) is 2.36. The van der Waals surface area contributed by atoms with Crippen molar-refractivity contribution in [2.45, 2.75) is 50.4 Å². The predicted molar refractivity (Wildman–Crippen MR) is 63.7 cm³/mol. The van der Waals surface area contributed by atoms with Crippen molar-refractivity contribution in [1.29, 1.82) is 0 Å². The van der Waals surface area contributed by atoms with Crippen molar-refractivity contribution in [2.24, 2.45) is 23.7 Å². The van der Waals surface area contributed by atoms with E-state index in [0.717, 1.165) is 0 Å². The molecule has 0 radical (unpaired) electrons. The third kappa shape index (κ3) is 2.88. The van der Waals surface area contributed by atoms with Crippen molar-refractivity contribution in [3.8, 4) is 0 Å². The molecule has 114 valence electrons. The Balaban J connectivity index is 2.03. The second-order valence-corrected chi connectivity index (χ2v) is 6.09. The molecule has 2 fully saturated rings. The van der Waals surface area contributed by atoms with Gasteiger partial charge in [0.05, 0.1) is 11.8 Å². The normalized spacial score (nSPS) is 40.0. The van der Waals surface area contributed by atoms with Crippen LogP contribution in [0.25, 0.3) is 0 Å². The summed E-state index contributed by atoms with van der Waals surface area (Å²) in [4.78, 5) is 21.2. The number of carbonyl (C=O) groups excluding carboxylic acids is 2. The summed E-state index contributed by atoms with van der Waals surface area (Å²) in [6, 6.07) is 0. The van der Waals surface area contributed by atoms with Crippen LogP contribution in [0.1, 0.15) is 38.5 Å². The Bertz CT molecular complexity index is 347. The van der Waals surface area contributed by atoms with Crippen molar-refractivity contribution in [2.75, 3.05) is 0 Å². The number of halogens is 4. The van der Waals surface area contributed by atoms with Crippen molar-refractivity contribution >= 4 is 12.6 Å². The second-order valence-electron chi connectivity index (χ2n) is 6.09. The zero-order chi connectivity index (χ0) is 15.0. The van der Waals surface area contributed by atoms with E-state index in [9.17, 15) is 27.2 Å². The van der Waals surface area contributed by atoms with Gasteiger partial charge in [-0.3, -0.25) is 0 Å². The Morgan fingerprint density at radius 3 is 1.30 bits per heavy atom. The highest BCUT2D eigenvalue weighted by molar-refractivity contribution is 5.56. The minimum absolute atomic E-state index is 0.0559. The summed E-state index contributed by atoms with van der Waals surface area (Å²) in [7, 11) is 0. The Labute approximate surface area is 114 Å². The molecule has 0 aliphatic heterocycles. The van der Waals surface area contributed by atoms with E-state index in [1.807, 2.05) is 0 Å². The summed E-state index contributed by atoms with van der Waals surface area (Å²) in [6.07, 6.45) is 0.422. The highest BCUT2D eigenvalue weighted by Gasteiger charge is 2.51. The van der Waals surface area contributed by atoms with Gasteiger partial charge < -0.3 is 9.59 Å². The lowest BCUT2D eigenvalue weighted by atomic mass is 9.67. The summed E-state index contributed by atoms with van der Waals surface area (Å²) in [5, 5.41) is 0. The molecule has 0 bridgehead atoms. The minimum atomic E-state index is -3.10. The van der Waals surface area contributed by atoms with Gasteiger partial charge in [0.15, 0.2) is 0 Å². The van der Waals surface area contributed by atoms with Crippen LogP contribution in [0.2, 0.25) is 0 Å². The molecule has 0 N–H and O–H groups in total. The Morgan fingerprint density at radius 2 is 1.05 bits per heavy atom. The first-order valence-corrected chi connectivity index (χ1v) is 6.96. The van der Waals surface area contributed by atoms with Gasteiger partial charge >= 0.3 is 0 Å². The summed E-state index contributed by atoms with van der Waals surface area (Å²) in [6.45, 7) is 0. The molecule has 0 aromatic heterocycles. The summed E-state index contributed by atoms with van der Waals surface area (Å²) in [5.74, 6) is -9.74. The van der Waals surface area contributed by atoms with E-state index in [-0.39, 0.29) is 25.4 Å². The molecule has 0 heterocycles. The molecule has 2 nitrogen and oxygen atoms in total. The van der Waals surface area contributed by atoms with Crippen molar-refractivity contribution in [1.82, 2.24) is 0 Å². The molecule has 4 atom stereocenters. The third-order valence-electron chi connectivity index (χ3n) is 4.85. The smallest absolute Gasteiger partial charge is 0.257 e. The van der Waals surface area contributed by atoms with Crippen LogP contribution in [0, 0.1) is 23.7 Å². The first kappa shape index (κ1) is 15.4. The molecular weight excluding hydrogens is 276 g/mol. The zero-order valence-corrected chi connectivity index (χ0v) is 11.0. The number of hydrogen-bond acceptors (Lipinski definition) is 2. The number of alkyl halides is 4. The minimum Gasteiger partial charge on any atom is -0.303 e. The number of carbonyl (C=O) groups is 2. The third-order valence-corrected chi connectivity index (χ3v) is 4.85. The molecule has 0 saturated heterocycles. The van der Waals surface area contributed by atoms with Gasteiger partial charge in [0.25, 0.3) is 11.8 Å². The van der Waals surface area contributed by atoms with Gasteiger partial charge in [-0.2, -0.15) is 0 Å². The maximum absolute atomic E-state index is 13.7. The molecule has 0 spiro atoms. The van der Waals surface area contributed by atoms with Crippen LogP contribution in [0.3, 0.4) is 0 Å². The van der Waals surface area contributed by atoms with Crippen molar-refractivity contribution in [3.05, 3.63) is 0 Å². The summed E-state index contributed by atoms with van der Waals surface area (Å²) in [5.41, 5.74) is 0. The highest BCUT2D eigenvalue weighted by Crippen LogP contribution is 2.50. The van der Waals surface area contributed by atoms with E-state index in [1.165, 1.54) is 0 Å². The Morgan fingerprint density at radius 1 is 0.700 bits per heavy atom. The van der Waals surface area contributed by atoms with E-state index < -0.39 is 48.4 Å². The molecule has 6 heteroatoms. The Hall–Kier alpha value is -0.940. The molecule has 0 aromatic rings. The van der Waals surface area contributed by atoms with Gasteiger partial charge in [0.2, 0.25) is 0 Å². The number of rotatable bonds is 3. The maximum Gasteiger partial charge on any atom is 0.257 e. The van der Waals surface area contributed by atoms with Crippen LogP contribution in [0.15, 0.2) is 0 Å². The van der Waals surface area contributed by atoms with Gasteiger partial charge in [-0.05, 0) is 37.5 Å². The highest BCUT2D eigenvalue weighted by atomic mass is 19.3. The van der Waals surface area contributed by atoms with Gasteiger partial charge in [-0.1, -0.05) is 0 Å². The van der Waals surface area contributed by atoms with Crippen LogP contribution >= 0.6 is 0 Å². The lowest BCUT2D eigenvalue weighted by Gasteiger charge is -2.41. The van der Waals surface area contributed by atoms with Gasteiger partial charge in [-0.15, -0.1) is 0 Å². The quantitative estimate of drug-likeness (QED) is 0.590. The standard InChI is InChI=1S/C14H18F4O2/c15-13(16)5-9(1-3-11(13)7-19)10-2-4-12(8-20)14(17,18)6-10/h7-12H,1-6H2/t9-,10-,11+,12+/m0/s1. The van der Waals surface area contributed by atoms with Crippen molar-refractivity contribution in [3.63, 3.8) is 0 Å². The lowest BCUT2D eigenvalue weighted by Crippen LogP contribution is -2.43. The van der Waals surface area contributed by atoms with E-state index >= 15 is 0 Å². The van der Waals surface area contributed by atoms with Crippen LogP contribution in [0.5, 0.6) is 0 Å². The molecule has 2 saturated carbocycles. The van der Waals surface area contributed by atoms with E-state index in [1.54, 1.807) is 0 Å². The molecule has 20 heavy (non-hydrogen) atoms. The Kier molecular flexibility index (Phi) is 4.21. The largest absolute Gasteiger partial charge is 0.303 e. The van der Waals surface area contributed by atoms with E-state index in [0.29, 0.717) is 12.8 Å². The average molecular weight is 294 g/mol. The summed E-state index contributed by atoms with van der Waals surface area (Å²) < 4.78 is 54.9. The van der Waals surface area contributed by atoms with Crippen LogP contribution in [-0.4, -0.2) is 24.4 Å². The van der Waals surface area contributed by atoms with Gasteiger partial charge in [0, 0.05) is 12.8 Å². The first-order valence-electron chi connectivity index (χ1n) is 6.96. The van der Waals surface area contributed by atoms with Gasteiger partial charge in [-0.25, -0.2) is 17.6 Å². The maximum atomic E-state index is 13.7.